The third-order valence-electron chi connectivity index (χ3n) is 5.97. The third kappa shape index (κ3) is 5.37. The molecule has 0 fully saturated rings. The van der Waals surface area contributed by atoms with Crippen molar-refractivity contribution in [1.82, 2.24) is 15.2 Å². The molecule has 35 heavy (non-hydrogen) atoms. The number of amides is 1. The maximum atomic E-state index is 13.3. The first-order valence-corrected chi connectivity index (χ1v) is 12.1. The van der Waals surface area contributed by atoms with Gasteiger partial charge in [-0.05, 0) is 67.5 Å². The van der Waals surface area contributed by atoms with Crippen LogP contribution in [0, 0.1) is 0 Å². The van der Waals surface area contributed by atoms with Crippen molar-refractivity contribution in [3.8, 4) is 0 Å². The number of fused-ring (bicyclic) bond motifs is 1. The minimum Gasteiger partial charge on any atom is -0.310 e. The topological polar surface area (TPSA) is 84.8 Å². The number of rotatable bonds is 6. The summed E-state index contributed by atoms with van der Waals surface area (Å²) in [5.41, 5.74) is -0.259. The summed E-state index contributed by atoms with van der Waals surface area (Å²) in [4.78, 5) is 31.3. The smallest absolute Gasteiger partial charge is 0.310 e. The lowest BCUT2D eigenvalue weighted by atomic mass is 9.71. The van der Waals surface area contributed by atoms with Gasteiger partial charge in [0.2, 0.25) is 5.91 Å². The molecular weight excluding hydrogens is 477 g/mol. The summed E-state index contributed by atoms with van der Waals surface area (Å²) < 4.78 is 38.5. The highest BCUT2D eigenvalue weighted by molar-refractivity contribution is 7.99. The van der Waals surface area contributed by atoms with Crippen molar-refractivity contribution < 1.29 is 22.8 Å². The summed E-state index contributed by atoms with van der Waals surface area (Å²) in [6.45, 7) is 3.73. The van der Waals surface area contributed by atoms with E-state index in [-0.39, 0.29) is 23.8 Å². The number of hydrogen-bond donors (Lipinski definition) is 1. The van der Waals surface area contributed by atoms with E-state index in [0.29, 0.717) is 29.9 Å². The highest BCUT2D eigenvalue weighted by Gasteiger charge is 2.43. The molecule has 0 bridgehead atoms. The third-order valence-corrected chi connectivity index (χ3v) is 6.86. The molecule has 6 nitrogen and oxygen atoms in total. The van der Waals surface area contributed by atoms with Gasteiger partial charge in [-0.1, -0.05) is 19.1 Å². The minimum atomic E-state index is -4.60. The molecule has 10 heteroatoms. The van der Waals surface area contributed by atoms with E-state index in [4.69, 9.17) is 0 Å². The Bertz CT molecular complexity index is 1250. The minimum absolute atomic E-state index is 0.182. The molecule has 1 atom stereocenters. The molecule has 1 unspecified atom stereocenters. The van der Waals surface area contributed by atoms with Crippen molar-refractivity contribution in [2.24, 2.45) is 0 Å². The van der Waals surface area contributed by atoms with Crippen LogP contribution in [0.25, 0.3) is 0 Å². The molecule has 3 aromatic rings. The van der Waals surface area contributed by atoms with E-state index in [1.54, 1.807) is 30.8 Å². The van der Waals surface area contributed by atoms with Crippen LogP contribution in [0.2, 0.25) is 0 Å². The van der Waals surface area contributed by atoms with Crippen LogP contribution in [-0.4, -0.2) is 32.6 Å². The van der Waals surface area contributed by atoms with Crippen LogP contribution in [-0.2, 0) is 29.2 Å². The van der Waals surface area contributed by atoms with Gasteiger partial charge in [0.1, 0.15) is 5.82 Å². The Hall–Kier alpha value is -3.27. The van der Waals surface area contributed by atoms with E-state index >= 15 is 0 Å². The molecule has 0 radical (unpaired) electrons. The SMILES string of the molecule is CCSc1ccc(CC(=O)Nc2ccc3c(n2)CCC(C)(c2ccc(C(F)(F)F)nn2)C3=O)cc1. The summed E-state index contributed by atoms with van der Waals surface area (Å²) in [5.74, 6) is 0.810. The molecule has 0 saturated carbocycles. The molecule has 182 valence electrons. The second-order valence-electron chi connectivity index (χ2n) is 8.46. The van der Waals surface area contributed by atoms with Gasteiger partial charge in [0.25, 0.3) is 0 Å². The van der Waals surface area contributed by atoms with Gasteiger partial charge < -0.3 is 5.32 Å². The van der Waals surface area contributed by atoms with Crippen LogP contribution in [0.3, 0.4) is 0 Å². The Balaban J connectivity index is 1.46. The Morgan fingerprint density at radius 3 is 2.46 bits per heavy atom. The monoisotopic (exact) mass is 500 g/mol. The number of Topliss-reactive ketones (excluding diaryl/α,β-unsaturated/α-hetero) is 1. The van der Waals surface area contributed by atoms with Crippen molar-refractivity contribution in [2.45, 2.75) is 49.6 Å². The van der Waals surface area contributed by atoms with E-state index in [0.717, 1.165) is 22.3 Å². The number of anilines is 1. The molecule has 1 aliphatic carbocycles. The fourth-order valence-corrected chi connectivity index (χ4v) is 4.67. The molecule has 1 amide bonds. The van der Waals surface area contributed by atoms with Gasteiger partial charge in [-0.2, -0.15) is 18.3 Å². The van der Waals surface area contributed by atoms with Gasteiger partial charge in [-0.25, -0.2) is 4.98 Å². The van der Waals surface area contributed by atoms with E-state index in [9.17, 15) is 22.8 Å². The molecule has 2 aromatic heterocycles. The maximum Gasteiger partial charge on any atom is 0.435 e. The highest BCUT2D eigenvalue weighted by Crippen LogP contribution is 2.38. The fraction of sp³-hybridized carbons (Fsp3) is 0.320. The zero-order valence-electron chi connectivity index (χ0n) is 19.1. The molecule has 1 aromatic carbocycles. The number of carbonyl (C=O) groups is 2. The van der Waals surface area contributed by atoms with Crippen LogP contribution in [0.1, 0.15) is 53.3 Å². The van der Waals surface area contributed by atoms with Crippen molar-refractivity contribution >= 4 is 29.3 Å². The lowest BCUT2D eigenvalue weighted by Crippen LogP contribution is -2.39. The van der Waals surface area contributed by atoms with Crippen molar-refractivity contribution in [1.29, 1.82) is 0 Å². The number of halogens is 3. The zero-order chi connectivity index (χ0) is 25.2. The quantitative estimate of drug-likeness (QED) is 0.464. The maximum absolute atomic E-state index is 13.3. The number of pyridine rings is 1. The van der Waals surface area contributed by atoms with E-state index in [1.165, 1.54) is 6.07 Å². The summed E-state index contributed by atoms with van der Waals surface area (Å²) in [7, 11) is 0. The summed E-state index contributed by atoms with van der Waals surface area (Å²) in [6.07, 6.45) is -3.69. The Morgan fingerprint density at radius 1 is 1.09 bits per heavy atom. The number of aryl methyl sites for hydroxylation is 1. The number of nitrogens with zero attached hydrogens (tertiary/aromatic N) is 3. The fourth-order valence-electron chi connectivity index (χ4n) is 4.01. The zero-order valence-corrected chi connectivity index (χ0v) is 20.0. The first kappa shape index (κ1) is 24.8. The normalized spacial score (nSPS) is 17.7. The number of hydrogen-bond acceptors (Lipinski definition) is 6. The summed E-state index contributed by atoms with van der Waals surface area (Å²) in [6, 6.07) is 13.0. The Kier molecular flexibility index (Phi) is 6.93. The number of nitrogens with one attached hydrogen (secondary N) is 1. The Labute approximate surface area is 204 Å². The number of benzene rings is 1. The lowest BCUT2D eigenvalue weighted by molar-refractivity contribution is -0.141. The molecule has 2 heterocycles. The molecule has 0 spiro atoms. The van der Waals surface area contributed by atoms with Gasteiger partial charge in [-0.15, -0.1) is 16.9 Å². The van der Waals surface area contributed by atoms with Crippen molar-refractivity contribution in [2.75, 3.05) is 11.1 Å². The van der Waals surface area contributed by atoms with Crippen LogP contribution >= 0.6 is 11.8 Å². The molecule has 0 aliphatic heterocycles. The molecular formula is C25H23F3N4O2S. The summed E-state index contributed by atoms with van der Waals surface area (Å²) in [5, 5.41) is 9.74. The number of aromatic nitrogens is 3. The second kappa shape index (κ2) is 9.77. The van der Waals surface area contributed by atoms with Gasteiger partial charge in [0.15, 0.2) is 11.5 Å². The first-order chi connectivity index (χ1) is 16.6. The van der Waals surface area contributed by atoms with Crippen LogP contribution < -0.4 is 5.32 Å². The summed E-state index contributed by atoms with van der Waals surface area (Å²) >= 11 is 1.73. The van der Waals surface area contributed by atoms with Gasteiger partial charge in [-0.3, -0.25) is 9.59 Å². The van der Waals surface area contributed by atoms with Crippen molar-refractivity contribution in [3.63, 3.8) is 0 Å². The van der Waals surface area contributed by atoms with E-state index < -0.39 is 17.3 Å². The standard InChI is InChI=1S/C25H23F3N4O2S/c1-3-35-16-6-4-15(5-7-16)14-22(33)30-21-11-8-17-18(29-21)12-13-24(2,23(17)34)19-9-10-20(32-31-19)25(26,27)28/h4-11H,3,12-14H2,1-2H3,(H,29,30,33). The largest absolute Gasteiger partial charge is 0.435 e. The van der Waals surface area contributed by atoms with Gasteiger partial charge in [0, 0.05) is 10.5 Å². The predicted molar refractivity (Wildman–Crippen MR) is 126 cm³/mol. The number of carbonyl (C=O) groups excluding carboxylic acids is 2. The second-order valence-corrected chi connectivity index (χ2v) is 9.79. The van der Waals surface area contributed by atoms with Crippen LogP contribution in [0.4, 0.5) is 19.0 Å². The van der Waals surface area contributed by atoms with Gasteiger partial charge in [0.05, 0.1) is 23.2 Å². The number of alkyl halides is 3. The van der Waals surface area contributed by atoms with Gasteiger partial charge >= 0.3 is 6.18 Å². The highest BCUT2D eigenvalue weighted by atomic mass is 32.2. The Morgan fingerprint density at radius 2 is 1.83 bits per heavy atom. The van der Waals surface area contributed by atoms with Crippen molar-refractivity contribution in [3.05, 3.63) is 76.7 Å². The average molecular weight is 501 g/mol. The first-order valence-electron chi connectivity index (χ1n) is 11.1. The van der Waals surface area contributed by atoms with E-state index in [2.05, 4.69) is 27.4 Å². The predicted octanol–water partition coefficient (Wildman–Crippen LogP) is 5.27. The van der Waals surface area contributed by atoms with E-state index in [1.807, 2.05) is 24.3 Å². The number of thioether (sulfide) groups is 1. The van der Waals surface area contributed by atoms with Crippen LogP contribution in [0.15, 0.2) is 53.4 Å². The number of ketones is 1. The molecule has 1 aliphatic rings. The average Bonchev–Trinajstić information content (AvgIpc) is 2.82. The molecule has 4 rings (SSSR count). The van der Waals surface area contributed by atoms with Crippen LogP contribution in [0.5, 0.6) is 0 Å². The molecule has 1 N–H and O–H groups in total. The lowest BCUT2D eigenvalue weighted by Gasteiger charge is -2.32. The molecule has 0 saturated heterocycles.